The van der Waals surface area contributed by atoms with E-state index in [-0.39, 0.29) is 36.4 Å². The average Bonchev–Trinajstić information content (AvgIpc) is 2.85. The van der Waals surface area contributed by atoms with Gasteiger partial charge in [0.15, 0.2) is 0 Å². The second-order valence-corrected chi connectivity index (χ2v) is 9.89. The fourth-order valence-corrected chi connectivity index (χ4v) is 5.39. The molecule has 3 heterocycles. The molecule has 10 heteroatoms. The summed E-state index contributed by atoms with van der Waals surface area (Å²) in [6, 6.07) is 0.869. The van der Waals surface area contributed by atoms with E-state index in [0.717, 1.165) is 38.5 Å². The van der Waals surface area contributed by atoms with E-state index in [0.29, 0.717) is 17.9 Å². The van der Waals surface area contributed by atoms with Crippen LogP contribution in [0.3, 0.4) is 0 Å². The Morgan fingerprint density at radius 3 is 1.00 bits per heavy atom. The van der Waals surface area contributed by atoms with Gasteiger partial charge in [-0.2, -0.15) is 30.0 Å². The number of guanidine groups is 3. The Morgan fingerprint density at radius 1 is 0.412 bits per heavy atom. The highest BCUT2D eigenvalue weighted by Crippen LogP contribution is 2.26. The van der Waals surface area contributed by atoms with E-state index in [1.54, 1.807) is 4.90 Å². The van der Waals surface area contributed by atoms with Crippen LogP contribution in [-0.4, -0.2) is 59.2 Å². The number of hydrogen-bond acceptors (Lipinski definition) is 10. The molecule has 0 spiro atoms. The fraction of sp³-hybridized carbons (Fsp3) is 0.750. The number of amidine groups is 3. The van der Waals surface area contributed by atoms with Crippen LogP contribution in [0, 0.1) is 0 Å². The number of rotatable bonds is 3. The minimum Gasteiger partial charge on any atom is -0.460 e. The quantitative estimate of drug-likeness (QED) is 0.609. The lowest BCUT2D eigenvalue weighted by molar-refractivity contribution is 0.138. The standard InChI is InChI=1S/C24H33N7O3/c1-4-10-16(11-5-1)32-22-25-19-27-23(33-17-12-6-2-7-13-17)29-21-30-24(28-20(26-22)31(19)21)34-18-14-8-3-9-15-18/h16-18H,1-15H2. The first-order chi connectivity index (χ1) is 16.8. The molecule has 0 unspecified atom stereocenters. The molecule has 0 bridgehead atoms. The van der Waals surface area contributed by atoms with Gasteiger partial charge in [-0.3, -0.25) is 0 Å². The molecule has 10 nitrogen and oxygen atoms in total. The zero-order valence-corrected chi connectivity index (χ0v) is 19.7. The van der Waals surface area contributed by atoms with Crippen molar-refractivity contribution in [1.82, 2.24) is 4.90 Å². The highest BCUT2D eigenvalue weighted by atomic mass is 16.5. The normalized spacial score (nSPS) is 26.3. The van der Waals surface area contributed by atoms with Gasteiger partial charge >= 0.3 is 18.1 Å². The highest BCUT2D eigenvalue weighted by Gasteiger charge is 2.38. The molecular weight excluding hydrogens is 434 g/mol. The third-order valence-corrected chi connectivity index (χ3v) is 7.25. The van der Waals surface area contributed by atoms with Gasteiger partial charge in [0.1, 0.15) is 18.3 Å². The van der Waals surface area contributed by atoms with E-state index in [9.17, 15) is 0 Å². The maximum atomic E-state index is 6.17. The maximum Gasteiger partial charge on any atom is 0.323 e. The van der Waals surface area contributed by atoms with Crippen LogP contribution in [0.15, 0.2) is 30.0 Å². The largest absolute Gasteiger partial charge is 0.460 e. The van der Waals surface area contributed by atoms with E-state index < -0.39 is 0 Å². The first-order valence-electron chi connectivity index (χ1n) is 13.1. The van der Waals surface area contributed by atoms with Crippen molar-refractivity contribution in [1.29, 1.82) is 0 Å². The molecule has 3 aliphatic heterocycles. The van der Waals surface area contributed by atoms with Crippen molar-refractivity contribution in [3.63, 3.8) is 0 Å². The van der Waals surface area contributed by atoms with Gasteiger partial charge in [-0.25, -0.2) is 4.90 Å². The third kappa shape index (κ3) is 4.86. The van der Waals surface area contributed by atoms with Crippen molar-refractivity contribution in [2.45, 2.75) is 115 Å². The fourth-order valence-electron chi connectivity index (χ4n) is 5.39. The maximum absolute atomic E-state index is 6.17. The molecule has 0 aromatic rings. The van der Waals surface area contributed by atoms with Gasteiger partial charge in [-0.15, -0.1) is 0 Å². The van der Waals surface area contributed by atoms with Crippen LogP contribution in [0.5, 0.6) is 0 Å². The molecule has 3 fully saturated rings. The summed E-state index contributed by atoms with van der Waals surface area (Å²) in [6.07, 6.45) is 17.3. The van der Waals surface area contributed by atoms with Gasteiger partial charge in [-0.05, 0) is 77.0 Å². The van der Waals surface area contributed by atoms with E-state index in [4.69, 9.17) is 14.2 Å². The second kappa shape index (κ2) is 9.84. The molecule has 182 valence electrons. The third-order valence-electron chi connectivity index (χ3n) is 7.25. The molecule has 6 aliphatic rings. The molecule has 0 radical (unpaired) electrons. The zero-order valence-electron chi connectivity index (χ0n) is 19.7. The molecule has 0 amide bonds. The van der Waals surface area contributed by atoms with Crippen LogP contribution in [-0.2, 0) is 14.2 Å². The van der Waals surface area contributed by atoms with Gasteiger partial charge in [0.25, 0.3) is 0 Å². The molecule has 0 aromatic carbocycles. The Labute approximate surface area is 200 Å². The summed E-state index contributed by atoms with van der Waals surface area (Å²) >= 11 is 0. The highest BCUT2D eigenvalue weighted by molar-refractivity contribution is 6.28. The lowest BCUT2D eigenvalue weighted by Gasteiger charge is -2.32. The number of hydrogen-bond donors (Lipinski definition) is 0. The predicted octanol–water partition coefficient (Wildman–Crippen LogP) is 4.51. The Morgan fingerprint density at radius 2 is 0.706 bits per heavy atom. The molecule has 3 aliphatic carbocycles. The number of aliphatic imine (C=N–C) groups is 6. The van der Waals surface area contributed by atoms with E-state index in [1.165, 1.54) is 57.8 Å². The van der Waals surface area contributed by atoms with Gasteiger partial charge < -0.3 is 14.2 Å². The molecule has 3 saturated carbocycles. The molecule has 0 atom stereocenters. The Kier molecular flexibility index (Phi) is 6.29. The lowest BCUT2D eigenvalue weighted by atomic mass is 9.98. The van der Waals surface area contributed by atoms with Crippen LogP contribution in [0.4, 0.5) is 0 Å². The topological polar surface area (TPSA) is 105 Å². The average molecular weight is 468 g/mol. The summed E-state index contributed by atoms with van der Waals surface area (Å²) in [4.78, 5) is 29.2. The number of ether oxygens (including phenoxy) is 3. The Hall–Kier alpha value is -2.78. The van der Waals surface area contributed by atoms with Crippen LogP contribution in [0.2, 0.25) is 0 Å². The molecule has 0 aromatic heterocycles. The van der Waals surface area contributed by atoms with Crippen molar-refractivity contribution in [3.8, 4) is 0 Å². The second-order valence-electron chi connectivity index (χ2n) is 9.89. The summed E-state index contributed by atoms with van der Waals surface area (Å²) in [5.74, 6) is 1.16. The van der Waals surface area contributed by atoms with Gasteiger partial charge in [0, 0.05) is 0 Å². The van der Waals surface area contributed by atoms with E-state index in [1.807, 2.05) is 0 Å². The van der Waals surface area contributed by atoms with E-state index >= 15 is 0 Å². The summed E-state index contributed by atoms with van der Waals surface area (Å²) in [6.45, 7) is 0. The van der Waals surface area contributed by atoms with Crippen LogP contribution in [0.25, 0.3) is 0 Å². The zero-order chi connectivity index (χ0) is 22.7. The smallest absolute Gasteiger partial charge is 0.323 e. The molecule has 0 N–H and O–H groups in total. The minimum absolute atomic E-state index is 0.123. The van der Waals surface area contributed by atoms with Crippen LogP contribution in [0.1, 0.15) is 96.3 Å². The van der Waals surface area contributed by atoms with Crippen molar-refractivity contribution in [3.05, 3.63) is 0 Å². The minimum atomic E-state index is 0.123. The predicted molar refractivity (Wildman–Crippen MR) is 130 cm³/mol. The van der Waals surface area contributed by atoms with Crippen molar-refractivity contribution in [2.75, 3.05) is 0 Å². The van der Waals surface area contributed by atoms with Crippen molar-refractivity contribution < 1.29 is 14.2 Å². The summed E-state index contributed by atoms with van der Waals surface area (Å²) in [7, 11) is 0. The number of nitrogens with zero attached hydrogens (tertiary/aromatic N) is 7. The van der Waals surface area contributed by atoms with Gasteiger partial charge in [0.05, 0.1) is 0 Å². The van der Waals surface area contributed by atoms with Gasteiger partial charge in [0.2, 0.25) is 17.9 Å². The van der Waals surface area contributed by atoms with Gasteiger partial charge in [-0.1, -0.05) is 19.3 Å². The van der Waals surface area contributed by atoms with Crippen LogP contribution >= 0.6 is 0 Å². The molecule has 6 rings (SSSR count). The van der Waals surface area contributed by atoms with Crippen LogP contribution < -0.4 is 0 Å². The Bertz CT molecular complexity index is 841. The Balaban J connectivity index is 1.28. The molecule has 0 saturated heterocycles. The summed E-state index contributed by atoms with van der Waals surface area (Å²) in [5, 5.41) is 0. The van der Waals surface area contributed by atoms with Crippen molar-refractivity contribution >= 4 is 35.9 Å². The van der Waals surface area contributed by atoms with Crippen molar-refractivity contribution in [2.24, 2.45) is 30.0 Å². The summed E-state index contributed by atoms with van der Waals surface area (Å²) in [5.41, 5.74) is 0. The molecular formula is C24H33N7O3. The lowest BCUT2D eigenvalue weighted by Crippen LogP contribution is -2.49. The molecule has 34 heavy (non-hydrogen) atoms. The summed E-state index contributed by atoms with van der Waals surface area (Å²) < 4.78 is 18.5. The first kappa shape index (κ1) is 21.7. The SMILES string of the molecule is C1CCC(OC2=NC3=NC(OC4CCCCC4)=NC4=NC(OC5CCCCC5)=NC(=N2)N34)CC1. The monoisotopic (exact) mass is 467 g/mol. The first-order valence-corrected chi connectivity index (χ1v) is 13.1. The van der Waals surface area contributed by atoms with E-state index in [2.05, 4.69) is 30.0 Å².